The van der Waals surface area contributed by atoms with Crippen LogP contribution in [0.3, 0.4) is 0 Å². The molecule has 4 rings (SSSR count). The summed E-state index contributed by atoms with van der Waals surface area (Å²) in [6.07, 6.45) is 1.65. The fraction of sp³-hybridized carbons (Fsp3) is 0.0952. The quantitative estimate of drug-likeness (QED) is 0.523. The fourth-order valence-electron chi connectivity index (χ4n) is 2.62. The molecule has 0 aliphatic heterocycles. The van der Waals surface area contributed by atoms with E-state index < -0.39 is 0 Å². The summed E-state index contributed by atoms with van der Waals surface area (Å²) in [7, 11) is 0. The number of fused-ring (bicyclic) bond motifs is 1. The van der Waals surface area contributed by atoms with E-state index in [1.54, 1.807) is 36.5 Å². The van der Waals surface area contributed by atoms with Crippen molar-refractivity contribution in [1.29, 1.82) is 0 Å². The molecule has 6 nitrogen and oxygen atoms in total. The average Bonchev–Trinajstić information content (AvgIpc) is 3.13. The molecule has 0 spiro atoms. The SMILES string of the molecule is Cc1ccc(OCC(=O)Nc2cc(-c3nc4ncccc4o3)ccc2Cl)cc1. The molecule has 0 aliphatic carbocycles. The Balaban J connectivity index is 1.49. The molecular weight excluding hydrogens is 378 g/mol. The Hall–Kier alpha value is -3.38. The molecule has 140 valence electrons. The Kier molecular flexibility index (Phi) is 4.95. The Labute approximate surface area is 166 Å². The van der Waals surface area contributed by atoms with Gasteiger partial charge in [0.15, 0.2) is 17.8 Å². The van der Waals surface area contributed by atoms with Crippen molar-refractivity contribution in [3.63, 3.8) is 0 Å². The van der Waals surface area contributed by atoms with Crippen molar-refractivity contribution in [3.8, 4) is 17.2 Å². The molecule has 0 saturated heterocycles. The zero-order chi connectivity index (χ0) is 19.5. The minimum Gasteiger partial charge on any atom is -0.484 e. The zero-order valence-electron chi connectivity index (χ0n) is 15.0. The average molecular weight is 394 g/mol. The first-order valence-electron chi connectivity index (χ1n) is 8.59. The normalized spacial score (nSPS) is 10.8. The monoisotopic (exact) mass is 393 g/mol. The molecule has 0 radical (unpaired) electrons. The van der Waals surface area contributed by atoms with Gasteiger partial charge in [0.2, 0.25) is 5.89 Å². The number of rotatable bonds is 5. The van der Waals surface area contributed by atoms with E-state index in [4.69, 9.17) is 20.8 Å². The number of nitrogens with zero attached hydrogens (tertiary/aromatic N) is 2. The van der Waals surface area contributed by atoms with Crippen molar-refractivity contribution >= 4 is 34.4 Å². The Morgan fingerprint density at radius 1 is 1.18 bits per heavy atom. The van der Waals surface area contributed by atoms with Gasteiger partial charge in [0, 0.05) is 11.8 Å². The van der Waals surface area contributed by atoms with E-state index in [2.05, 4.69) is 15.3 Å². The number of carbonyl (C=O) groups is 1. The number of anilines is 1. The second kappa shape index (κ2) is 7.70. The van der Waals surface area contributed by atoms with Gasteiger partial charge in [-0.3, -0.25) is 4.79 Å². The van der Waals surface area contributed by atoms with Crippen LogP contribution in [0.5, 0.6) is 5.75 Å². The van der Waals surface area contributed by atoms with Crippen molar-refractivity contribution in [2.75, 3.05) is 11.9 Å². The van der Waals surface area contributed by atoms with Gasteiger partial charge >= 0.3 is 0 Å². The first-order chi connectivity index (χ1) is 13.6. The number of aryl methyl sites for hydroxylation is 1. The van der Waals surface area contributed by atoms with Crippen LogP contribution in [0.15, 0.2) is 65.2 Å². The van der Waals surface area contributed by atoms with Crippen LogP contribution in [0, 0.1) is 6.92 Å². The molecule has 0 fully saturated rings. The summed E-state index contributed by atoms with van der Waals surface area (Å²) in [5.41, 5.74) is 3.35. The topological polar surface area (TPSA) is 77.2 Å². The third-order valence-electron chi connectivity index (χ3n) is 4.04. The van der Waals surface area contributed by atoms with E-state index in [0.29, 0.717) is 39.1 Å². The van der Waals surface area contributed by atoms with Crippen LogP contribution in [0.25, 0.3) is 22.7 Å². The number of hydrogen-bond donors (Lipinski definition) is 1. The van der Waals surface area contributed by atoms with Gasteiger partial charge in [-0.15, -0.1) is 0 Å². The summed E-state index contributed by atoms with van der Waals surface area (Å²) in [4.78, 5) is 20.8. The number of halogens is 1. The highest BCUT2D eigenvalue weighted by Crippen LogP contribution is 2.30. The molecule has 28 heavy (non-hydrogen) atoms. The van der Waals surface area contributed by atoms with Crippen molar-refractivity contribution in [1.82, 2.24) is 9.97 Å². The molecule has 0 atom stereocenters. The van der Waals surface area contributed by atoms with Crippen LogP contribution in [-0.4, -0.2) is 22.5 Å². The fourth-order valence-corrected chi connectivity index (χ4v) is 2.78. The van der Waals surface area contributed by atoms with Crippen LogP contribution >= 0.6 is 11.6 Å². The lowest BCUT2D eigenvalue weighted by Crippen LogP contribution is -2.20. The highest BCUT2D eigenvalue weighted by molar-refractivity contribution is 6.33. The molecule has 1 amide bonds. The second-order valence-electron chi connectivity index (χ2n) is 6.19. The van der Waals surface area contributed by atoms with Gasteiger partial charge in [-0.05, 0) is 49.4 Å². The number of hydrogen-bond acceptors (Lipinski definition) is 5. The summed E-state index contributed by atoms with van der Waals surface area (Å²) in [6.45, 7) is 1.86. The lowest BCUT2D eigenvalue weighted by Gasteiger charge is -2.10. The van der Waals surface area contributed by atoms with Gasteiger partial charge < -0.3 is 14.5 Å². The molecule has 0 aliphatic rings. The first kappa shape index (κ1) is 18.0. The number of aromatic nitrogens is 2. The third kappa shape index (κ3) is 3.97. The maximum Gasteiger partial charge on any atom is 0.262 e. The highest BCUT2D eigenvalue weighted by atomic mass is 35.5. The smallest absolute Gasteiger partial charge is 0.262 e. The Morgan fingerprint density at radius 3 is 2.79 bits per heavy atom. The van der Waals surface area contributed by atoms with E-state index >= 15 is 0 Å². The van der Waals surface area contributed by atoms with Crippen molar-refractivity contribution < 1.29 is 13.9 Å². The molecule has 7 heteroatoms. The summed E-state index contributed by atoms with van der Waals surface area (Å²) < 4.78 is 11.2. The van der Waals surface area contributed by atoms with Crippen molar-refractivity contribution in [3.05, 3.63) is 71.4 Å². The minimum absolute atomic E-state index is 0.129. The van der Waals surface area contributed by atoms with Crippen LogP contribution in [0.2, 0.25) is 5.02 Å². The number of oxazole rings is 1. The maximum absolute atomic E-state index is 12.2. The van der Waals surface area contributed by atoms with E-state index in [1.165, 1.54) is 0 Å². The number of ether oxygens (including phenoxy) is 1. The molecule has 2 aromatic carbocycles. The van der Waals surface area contributed by atoms with Gasteiger partial charge in [-0.25, -0.2) is 4.98 Å². The molecule has 0 unspecified atom stereocenters. The first-order valence-corrected chi connectivity index (χ1v) is 8.97. The van der Waals surface area contributed by atoms with Gasteiger partial charge in [0.05, 0.1) is 10.7 Å². The van der Waals surface area contributed by atoms with Gasteiger partial charge in [0.1, 0.15) is 5.75 Å². The predicted octanol–water partition coefficient (Wildman–Crippen LogP) is 4.87. The standard InChI is InChI=1S/C21H16ClN3O3/c1-13-4-7-15(8-5-13)27-12-19(26)24-17-11-14(6-9-16(17)22)21-25-20-18(28-21)3-2-10-23-20/h2-11H,12H2,1H3,(H,24,26). The van der Waals surface area contributed by atoms with E-state index in [0.717, 1.165) is 5.56 Å². The van der Waals surface area contributed by atoms with Crippen molar-refractivity contribution in [2.24, 2.45) is 0 Å². The summed E-state index contributed by atoms with van der Waals surface area (Å²) in [6, 6.07) is 16.2. The zero-order valence-corrected chi connectivity index (χ0v) is 15.7. The summed E-state index contributed by atoms with van der Waals surface area (Å²) in [5.74, 6) is 0.704. The minimum atomic E-state index is -0.321. The van der Waals surface area contributed by atoms with Crippen molar-refractivity contribution in [2.45, 2.75) is 6.92 Å². The number of amides is 1. The lowest BCUT2D eigenvalue weighted by atomic mass is 10.2. The number of nitrogens with one attached hydrogen (secondary N) is 1. The molecule has 2 aromatic heterocycles. The van der Waals surface area contributed by atoms with Crippen LogP contribution in [-0.2, 0) is 4.79 Å². The molecule has 0 saturated carbocycles. The van der Waals surface area contributed by atoms with Crippen LogP contribution < -0.4 is 10.1 Å². The van der Waals surface area contributed by atoms with Gasteiger partial charge in [0.25, 0.3) is 5.91 Å². The molecule has 0 bridgehead atoms. The van der Waals surface area contributed by atoms with Gasteiger partial charge in [-0.1, -0.05) is 29.3 Å². The molecule has 4 aromatic rings. The highest BCUT2D eigenvalue weighted by Gasteiger charge is 2.13. The van der Waals surface area contributed by atoms with E-state index in [1.807, 2.05) is 31.2 Å². The summed E-state index contributed by atoms with van der Waals surface area (Å²) >= 11 is 6.22. The van der Waals surface area contributed by atoms with E-state index in [9.17, 15) is 4.79 Å². The Morgan fingerprint density at radius 2 is 2.00 bits per heavy atom. The molecular formula is C21H16ClN3O3. The summed E-state index contributed by atoms with van der Waals surface area (Å²) in [5, 5.41) is 3.16. The van der Waals surface area contributed by atoms with E-state index in [-0.39, 0.29) is 12.5 Å². The predicted molar refractivity (Wildman–Crippen MR) is 108 cm³/mol. The largest absolute Gasteiger partial charge is 0.484 e. The molecule has 1 N–H and O–H groups in total. The number of benzene rings is 2. The molecule has 2 heterocycles. The number of pyridine rings is 1. The van der Waals surface area contributed by atoms with Gasteiger partial charge in [-0.2, -0.15) is 4.98 Å². The van der Waals surface area contributed by atoms with Crippen LogP contribution in [0.4, 0.5) is 5.69 Å². The lowest BCUT2D eigenvalue weighted by molar-refractivity contribution is -0.118. The maximum atomic E-state index is 12.2. The third-order valence-corrected chi connectivity index (χ3v) is 4.37. The Bertz CT molecular complexity index is 1110. The second-order valence-corrected chi connectivity index (χ2v) is 6.60. The number of carbonyl (C=O) groups excluding carboxylic acids is 1. The van der Waals surface area contributed by atoms with Crippen LogP contribution in [0.1, 0.15) is 5.56 Å².